The third-order valence-electron chi connectivity index (χ3n) is 2.29. The highest BCUT2D eigenvalue weighted by Crippen LogP contribution is 2.21. The predicted octanol–water partition coefficient (Wildman–Crippen LogP) is 0.664. The molecule has 1 amide bonds. The molecule has 0 aromatic carbocycles. The number of rotatable bonds is 2. The maximum atomic E-state index is 11.1. The topological polar surface area (TPSA) is 47.6 Å². The number of ether oxygens (including phenoxy) is 2. The minimum atomic E-state index is -0.284. The van der Waals surface area contributed by atoms with Gasteiger partial charge in [-0.05, 0) is 19.3 Å². The van der Waals surface area contributed by atoms with E-state index in [0.717, 1.165) is 12.8 Å². The van der Waals surface area contributed by atoms with E-state index in [4.69, 9.17) is 9.47 Å². The molecule has 2 rings (SSSR count). The molecule has 0 spiro atoms. The standard InChI is InChI=1S/C8H13NO3/c10-8(9-6-4-11-5-6)12-7-2-1-3-7/h6-7H,1-5H2,(H,9,10). The number of alkyl carbamates (subject to hydrolysis) is 1. The SMILES string of the molecule is O=C(NC1COC1)OC1CCC1. The normalized spacial score (nSPS) is 24.0. The van der Waals surface area contributed by atoms with Crippen LogP contribution in [-0.2, 0) is 9.47 Å². The second kappa shape index (κ2) is 3.31. The summed E-state index contributed by atoms with van der Waals surface area (Å²) >= 11 is 0. The zero-order valence-corrected chi connectivity index (χ0v) is 6.91. The van der Waals surface area contributed by atoms with E-state index in [2.05, 4.69) is 5.32 Å². The van der Waals surface area contributed by atoms with Crippen LogP contribution in [0, 0.1) is 0 Å². The lowest BCUT2D eigenvalue weighted by Crippen LogP contribution is -2.49. The fourth-order valence-electron chi connectivity index (χ4n) is 1.16. The molecule has 0 aromatic heterocycles. The van der Waals surface area contributed by atoms with Gasteiger partial charge in [0.25, 0.3) is 0 Å². The average Bonchev–Trinajstić information content (AvgIpc) is 1.89. The highest BCUT2D eigenvalue weighted by molar-refractivity contribution is 5.68. The second-order valence-electron chi connectivity index (χ2n) is 3.34. The molecule has 0 atom stereocenters. The Balaban J connectivity index is 1.62. The summed E-state index contributed by atoms with van der Waals surface area (Å²) in [5.74, 6) is 0. The van der Waals surface area contributed by atoms with Gasteiger partial charge < -0.3 is 14.8 Å². The fourth-order valence-corrected chi connectivity index (χ4v) is 1.16. The number of carbonyl (C=O) groups excluding carboxylic acids is 1. The molecule has 2 aliphatic rings. The van der Waals surface area contributed by atoms with Crippen molar-refractivity contribution in [2.45, 2.75) is 31.4 Å². The van der Waals surface area contributed by atoms with Crippen LogP contribution in [0.25, 0.3) is 0 Å². The number of nitrogens with one attached hydrogen (secondary N) is 1. The van der Waals surface area contributed by atoms with Gasteiger partial charge in [-0.15, -0.1) is 0 Å². The first kappa shape index (κ1) is 7.86. The highest BCUT2D eigenvalue weighted by atomic mass is 16.6. The Hall–Kier alpha value is -0.770. The van der Waals surface area contributed by atoms with Crippen LogP contribution < -0.4 is 5.32 Å². The van der Waals surface area contributed by atoms with Crippen molar-refractivity contribution in [2.24, 2.45) is 0 Å². The van der Waals surface area contributed by atoms with Gasteiger partial charge in [0.1, 0.15) is 6.10 Å². The maximum Gasteiger partial charge on any atom is 0.407 e. The molecule has 0 bridgehead atoms. The van der Waals surface area contributed by atoms with E-state index >= 15 is 0 Å². The van der Waals surface area contributed by atoms with Crippen LogP contribution in [0.4, 0.5) is 4.79 Å². The lowest BCUT2D eigenvalue weighted by atomic mass is 9.96. The van der Waals surface area contributed by atoms with Crippen LogP contribution in [0.5, 0.6) is 0 Å². The third kappa shape index (κ3) is 1.69. The zero-order chi connectivity index (χ0) is 8.39. The minimum absolute atomic E-state index is 0.172. The molecule has 1 N–H and O–H groups in total. The van der Waals surface area contributed by atoms with Crippen LogP contribution in [0.15, 0.2) is 0 Å². The molecule has 1 heterocycles. The maximum absolute atomic E-state index is 11.1. The van der Waals surface area contributed by atoms with E-state index in [1.54, 1.807) is 0 Å². The van der Waals surface area contributed by atoms with Crippen LogP contribution >= 0.6 is 0 Å². The number of hydrogen-bond acceptors (Lipinski definition) is 3. The van der Waals surface area contributed by atoms with Crippen molar-refractivity contribution < 1.29 is 14.3 Å². The Morgan fingerprint density at radius 3 is 2.58 bits per heavy atom. The van der Waals surface area contributed by atoms with Crippen molar-refractivity contribution in [1.29, 1.82) is 0 Å². The van der Waals surface area contributed by atoms with Crippen molar-refractivity contribution in [3.8, 4) is 0 Å². The number of hydrogen-bond donors (Lipinski definition) is 1. The molecule has 0 aromatic rings. The monoisotopic (exact) mass is 171 g/mol. The molecular weight excluding hydrogens is 158 g/mol. The summed E-state index contributed by atoms with van der Waals surface area (Å²) < 4.78 is 10.00. The summed E-state index contributed by atoms with van der Waals surface area (Å²) in [6.07, 6.45) is 3.12. The first-order valence-corrected chi connectivity index (χ1v) is 4.39. The summed E-state index contributed by atoms with van der Waals surface area (Å²) in [4.78, 5) is 11.1. The summed E-state index contributed by atoms with van der Waals surface area (Å²) in [7, 11) is 0. The second-order valence-corrected chi connectivity index (χ2v) is 3.34. The van der Waals surface area contributed by atoms with Gasteiger partial charge in [0, 0.05) is 0 Å². The first-order chi connectivity index (χ1) is 5.84. The van der Waals surface area contributed by atoms with E-state index < -0.39 is 0 Å². The molecule has 1 aliphatic carbocycles. The molecule has 4 nitrogen and oxygen atoms in total. The summed E-state index contributed by atoms with van der Waals surface area (Å²) in [6, 6.07) is 0.178. The highest BCUT2D eigenvalue weighted by Gasteiger charge is 2.25. The molecule has 2 fully saturated rings. The lowest BCUT2D eigenvalue weighted by molar-refractivity contribution is -0.0131. The minimum Gasteiger partial charge on any atom is -0.446 e. The van der Waals surface area contributed by atoms with Gasteiger partial charge in [0.05, 0.1) is 19.3 Å². The van der Waals surface area contributed by atoms with E-state index in [1.165, 1.54) is 6.42 Å². The Morgan fingerprint density at radius 2 is 2.17 bits per heavy atom. The Kier molecular flexibility index (Phi) is 2.17. The van der Waals surface area contributed by atoms with Gasteiger partial charge >= 0.3 is 6.09 Å². The number of amides is 1. The van der Waals surface area contributed by atoms with Crippen molar-refractivity contribution >= 4 is 6.09 Å². The number of carbonyl (C=O) groups is 1. The van der Waals surface area contributed by atoms with E-state index in [9.17, 15) is 4.79 Å². The van der Waals surface area contributed by atoms with Gasteiger partial charge in [-0.25, -0.2) is 4.79 Å². The van der Waals surface area contributed by atoms with Crippen LogP contribution in [-0.4, -0.2) is 31.5 Å². The fraction of sp³-hybridized carbons (Fsp3) is 0.875. The molecule has 1 aliphatic heterocycles. The Morgan fingerprint density at radius 1 is 1.42 bits per heavy atom. The predicted molar refractivity (Wildman–Crippen MR) is 41.9 cm³/mol. The molecular formula is C8H13NO3. The molecule has 68 valence electrons. The largest absolute Gasteiger partial charge is 0.446 e. The van der Waals surface area contributed by atoms with Crippen molar-refractivity contribution in [1.82, 2.24) is 5.32 Å². The van der Waals surface area contributed by atoms with Crippen LogP contribution in [0.1, 0.15) is 19.3 Å². The van der Waals surface area contributed by atoms with Gasteiger partial charge in [0.2, 0.25) is 0 Å². The van der Waals surface area contributed by atoms with E-state index in [0.29, 0.717) is 13.2 Å². The van der Waals surface area contributed by atoms with Gasteiger partial charge in [-0.1, -0.05) is 0 Å². The molecule has 1 saturated carbocycles. The van der Waals surface area contributed by atoms with Gasteiger partial charge in [-0.3, -0.25) is 0 Å². The quantitative estimate of drug-likeness (QED) is 0.664. The molecule has 12 heavy (non-hydrogen) atoms. The van der Waals surface area contributed by atoms with Crippen molar-refractivity contribution in [3.05, 3.63) is 0 Å². The Bertz CT molecular complexity index is 157. The molecule has 0 unspecified atom stereocenters. The van der Waals surface area contributed by atoms with E-state index in [1.807, 2.05) is 0 Å². The smallest absolute Gasteiger partial charge is 0.407 e. The van der Waals surface area contributed by atoms with E-state index in [-0.39, 0.29) is 18.2 Å². The van der Waals surface area contributed by atoms with Crippen LogP contribution in [0.2, 0.25) is 0 Å². The average molecular weight is 171 g/mol. The van der Waals surface area contributed by atoms with Gasteiger partial charge in [-0.2, -0.15) is 0 Å². The van der Waals surface area contributed by atoms with Crippen LogP contribution in [0.3, 0.4) is 0 Å². The molecule has 1 saturated heterocycles. The summed E-state index contributed by atoms with van der Waals surface area (Å²) in [5, 5.41) is 2.73. The zero-order valence-electron chi connectivity index (χ0n) is 6.91. The summed E-state index contributed by atoms with van der Waals surface area (Å²) in [6.45, 7) is 1.25. The van der Waals surface area contributed by atoms with Crippen molar-refractivity contribution in [2.75, 3.05) is 13.2 Å². The first-order valence-electron chi connectivity index (χ1n) is 4.39. The molecule has 0 radical (unpaired) electrons. The molecule has 4 heteroatoms. The van der Waals surface area contributed by atoms with Gasteiger partial charge in [0.15, 0.2) is 0 Å². The summed E-state index contributed by atoms with van der Waals surface area (Å²) in [5.41, 5.74) is 0. The Labute approximate surface area is 71.2 Å². The van der Waals surface area contributed by atoms with Crippen molar-refractivity contribution in [3.63, 3.8) is 0 Å². The third-order valence-corrected chi connectivity index (χ3v) is 2.29. The lowest BCUT2D eigenvalue weighted by Gasteiger charge is -2.29.